The number of imidazole rings is 1. The summed E-state index contributed by atoms with van der Waals surface area (Å²) >= 11 is 0. The average Bonchev–Trinajstić information content (AvgIpc) is 2.96. The van der Waals surface area contributed by atoms with Crippen LogP contribution in [0.5, 0.6) is 5.75 Å². The summed E-state index contributed by atoms with van der Waals surface area (Å²) in [6, 6.07) is 11.5. The second kappa shape index (κ2) is 6.62. The number of benzene rings is 1. The molecule has 3 N–H and O–H groups in total. The molecule has 0 aliphatic heterocycles. The van der Waals surface area contributed by atoms with Crippen LogP contribution in [-0.2, 0) is 0 Å². The summed E-state index contributed by atoms with van der Waals surface area (Å²) in [5, 5.41) is 2.81. The summed E-state index contributed by atoms with van der Waals surface area (Å²) < 4.78 is 7.16. The first-order valence-corrected chi connectivity index (χ1v) is 7.85. The van der Waals surface area contributed by atoms with Gasteiger partial charge in [0, 0.05) is 23.9 Å². The number of anilines is 1. The topological polar surface area (TPSA) is 81.6 Å². The van der Waals surface area contributed by atoms with Gasteiger partial charge in [0.05, 0.1) is 7.11 Å². The molecule has 0 atom stereocenters. The Balaban J connectivity index is 2.16. The third-order valence-electron chi connectivity index (χ3n) is 3.83. The Morgan fingerprint density at radius 3 is 2.75 bits per heavy atom. The Bertz CT molecular complexity index is 886. The maximum atomic E-state index is 12.3. The van der Waals surface area contributed by atoms with Crippen molar-refractivity contribution in [2.45, 2.75) is 13.3 Å². The van der Waals surface area contributed by atoms with Gasteiger partial charge in [-0.2, -0.15) is 0 Å². The van der Waals surface area contributed by atoms with Crippen LogP contribution in [0.15, 0.2) is 42.6 Å². The van der Waals surface area contributed by atoms with Crippen LogP contribution < -0.4 is 15.8 Å². The van der Waals surface area contributed by atoms with Crippen LogP contribution in [0.2, 0.25) is 0 Å². The average molecular weight is 324 g/mol. The number of rotatable bonds is 5. The lowest BCUT2D eigenvalue weighted by molar-refractivity contribution is 0.0950. The number of ether oxygens (including phenoxy) is 1. The minimum absolute atomic E-state index is 0.241. The third-order valence-corrected chi connectivity index (χ3v) is 3.83. The number of nitrogen functional groups attached to an aromatic ring is 1. The summed E-state index contributed by atoms with van der Waals surface area (Å²) in [4.78, 5) is 16.8. The van der Waals surface area contributed by atoms with Gasteiger partial charge in [-0.15, -0.1) is 0 Å². The van der Waals surface area contributed by atoms with Gasteiger partial charge in [-0.3, -0.25) is 9.20 Å². The summed E-state index contributed by atoms with van der Waals surface area (Å²) in [7, 11) is 1.63. The van der Waals surface area contributed by atoms with Gasteiger partial charge in [0.25, 0.3) is 5.91 Å². The van der Waals surface area contributed by atoms with Gasteiger partial charge in [0.15, 0.2) is 5.69 Å². The van der Waals surface area contributed by atoms with Crippen LogP contribution in [0, 0.1) is 0 Å². The molecule has 6 nitrogen and oxygen atoms in total. The van der Waals surface area contributed by atoms with Crippen LogP contribution in [0.1, 0.15) is 23.8 Å². The van der Waals surface area contributed by atoms with Crippen molar-refractivity contribution in [3.05, 3.63) is 48.3 Å². The van der Waals surface area contributed by atoms with Crippen LogP contribution in [0.4, 0.5) is 5.82 Å². The SMILES string of the molecule is CCCNC(=O)c1nc2c(-c3ccccc3OC)cccn2c1N. The second-order valence-corrected chi connectivity index (χ2v) is 5.42. The van der Waals surface area contributed by atoms with E-state index in [4.69, 9.17) is 10.5 Å². The molecule has 0 bridgehead atoms. The van der Waals surface area contributed by atoms with Crippen molar-refractivity contribution in [2.75, 3.05) is 19.4 Å². The van der Waals surface area contributed by atoms with E-state index in [1.165, 1.54) is 0 Å². The molecular weight excluding hydrogens is 304 g/mol. The molecule has 0 aliphatic rings. The summed E-state index contributed by atoms with van der Waals surface area (Å²) in [5.41, 5.74) is 8.76. The number of nitrogens with two attached hydrogens (primary N) is 1. The van der Waals surface area contributed by atoms with Gasteiger partial charge >= 0.3 is 0 Å². The summed E-state index contributed by atoms with van der Waals surface area (Å²) in [5.74, 6) is 0.809. The number of methoxy groups -OCH3 is 1. The normalized spacial score (nSPS) is 10.8. The number of carbonyl (C=O) groups is 1. The van der Waals surface area contributed by atoms with E-state index < -0.39 is 0 Å². The lowest BCUT2D eigenvalue weighted by Crippen LogP contribution is -2.25. The van der Waals surface area contributed by atoms with E-state index >= 15 is 0 Å². The van der Waals surface area contributed by atoms with E-state index in [-0.39, 0.29) is 11.6 Å². The largest absolute Gasteiger partial charge is 0.496 e. The van der Waals surface area contributed by atoms with Crippen molar-refractivity contribution in [2.24, 2.45) is 0 Å². The predicted molar refractivity (Wildman–Crippen MR) is 94.2 cm³/mol. The highest BCUT2D eigenvalue weighted by Crippen LogP contribution is 2.33. The number of carbonyl (C=O) groups excluding carboxylic acids is 1. The van der Waals surface area contributed by atoms with E-state index in [9.17, 15) is 4.79 Å². The zero-order valence-corrected chi connectivity index (χ0v) is 13.7. The highest BCUT2D eigenvalue weighted by Gasteiger charge is 2.19. The van der Waals surface area contributed by atoms with E-state index in [0.29, 0.717) is 18.0 Å². The Morgan fingerprint density at radius 1 is 1.25 bits per heavy atom. The number of pyridine rings is 1. The highest BCUT2D eigenvalue weighted by molar-refractivity contribution is 5.99. The lowest BCUT2D eigenvalue weighted by atomic mass is 10.1. The number of aromatic nitrogens is 2. The maximum absolute atomic E-state index is 12.3. The van der Waals surface area contributed by atoms with Crippen LogP contribution in [0.3, 0.4) is 0 Å². The number of fused-ring (bicyclic) bond motifs is 1. The van der Waals surface area contributed by atoms with Gasteiger partial charge in [-0.1, -0.05) is 25.1 Å². The zero-order chi connectivity index (χ0) is 17.1. The van der Waals surface area contributed by atoms with Crippen molar-refractivity contribution in [1.82, 2.24) is 14.7 Å². The number of nitrogens with one attached hydrogen (secondary N) is 1. The fourth-order valence-corrected chi connectivity index (χ4v) is 2.65. The van der Waals surface area contributed by atoms with Crippen LogP contribution >= 0.6 is 0 Å². The molecule has 0 unspecified atom stereocenters. The van der Waals surface area contributed by atoms with Gasteiger partial charge in [-0.05, 0) is 24.6 Å². The van der Waals surface area contributed by atoms with E-state index in [1.807, 2.05) is 43.3 Å². The minimum atomic E-state index is -0.260. The quantitative estimate of drug-likeness (QED) is 0.756. The standard InChI is InChI=1S/C18H20N4O2/c1-3-10-20-18(23)15-16(19)22-11-6-8-13(17(22)21-15)12-7-4-5-9-14(12)24-2/h4-9,11H,3,10,19H2,1-2H3,(H,20,23). The highest BCUT2D eigenvalue weighted by atomic mass is 16.5. The molecule has 124 valence electrons. The molecule has 0 saturated heterocycles. The molecule has 0 radical (unpaired) electrons. The molecule has 0 fully saturated rings. The minimum Gasteiger partial charge on any atom is -0.496 e. The number of para-hydroxylation sites is 1. The van der Waals surface area contributed by atoms with Crippen LogP contribution in [0.25, 0.3) is 16.8 Å². The smallest absolute Gasteiger partial charge is 0.273 e. The summed E-state index contributed by atoms with van der Waals surface area (Å²) in [6.07, 6.45) is 2.65. The van der Waals surface area contributed by atoms with Gasteiger partial charge < -0.3 is 15.8 Å². The molecule has 0 saturated carbocycles. The molecule has 0 aliphatic carbocycles. The molecule has 24 heavy (non-hydrogen) atoms. The van der Waals surface area contributed by atoms with Crippen molar-refractivity contribution in [3.63, 3.8) is 0 Å². The number of amides is 1. The molecule has 2 heterocycles. The van der Waals surface area contributed by atoms with E-state index in [0.717, 1.165) is 23.3 Å². The zero-order valence-electron chi connectivity index (χ0n) is 13.7. The first-order valence-electron chi connectivity index (χ1n) is 7.85. The van der Waals surface area contributed by atoms with Crippen molar-refractivity contribution in [3.8, 4) is 16.9 Å². The molecular formula is C18H20N4O2. The molecule has 6 heteroatoms. The van der Waals surface area contributed by atoms with Crippen molar-refractivity contribution >= 4 is 17.4 Å². The van der Waals surface area contributed by atoms with E-state index in [2.05, 4.69) is 10.3 Å². The van der Waals surface area contributed by atoms with Crippen molar-refractivity contribution in [1.29, 1.82) is 0 Å². The molecule has 2 aromatic heterocycles. The number of hydrogen-bond acceptors (Lipinski definition) is 4. The summed E-state index contributed by atoms with van der Waals surface area (Å²) in [6.45, 7) is 2.58. The van der Waals surface area contributed by atoms with Gasteiger partial charge in [0.1, 0.15) is 17.2 Å². The third kappa shape index (κ3) is 2.67. The molecule has 3 aromatic rings. The fraction of sp³-hybridized carbons (Fsp3) is 0.222. The second-order valence-electron chi connectivity index (χ2n) is 5.42. The Hall–Kier alpha value is -3.02. The molecule has 1 amide bonds. The van der Waals surface area contributed by atoms with E-state index in [1.54, 1.807) is 17.7 Å². The molecule has 0 spiro atoms. The first kappa shape index (κ1) is 15.9. The van der Waals surface area contributed by atoms with Crippen molar-refractivity contribution < 1.29 is 9.53 Å². The monoisotopic (exact) mass is 324 g/mol. The Kier molecular flexibility index (Phi) is 4.37. The first-order chi connectivity index (χ1) is 11.7. The van der Waals surface area contributed by atoms with Crippen LogP contribution in [-0.4, -0.2) is 28.9 Å². The molecule has 1 aromatic carbocycles. The fourth-order valence-electron chi connectivity index (χ4n) is 2.65. The van der Waals surface area contributed by atoms with Gasteiger partial charge in [0.2, 0.25) is 0 Å². The lowest BCUT2D eigenvalue weighted by Gasteiger charge is -2.09. The number of hydrogen-bond donors (Lipinski definition) is 2. The Morgan fingerprint density at radius 2 is 2.00 bits per heavy atom. The predicted octanol–water partition coefficient (Wildman–Crippen LogP) is 2.73. The molecule has 3 rings (SSSR count). The Labute approximate surface area is 140 Å². The number of nitrogens with zero attached hydrogens (tertiary/aromatic N) is 2. The maximum Gasteiger partial charge on any atom is 0.273 e. The van der Waals surface area contributed by atoms with Gasteiger partial charge in [-0.25, -0.2) is 4.98 Å².